The summed E-state index contributed by atoms with van der Waals surface area (Å²) >= 11 is 7.22. The lowest BCUT2D eigenvalue weighted by Gasteiger charge is -2.35. The highest BCUT2D eigenvalue weighted by Crippen LogP contribution is 2.40. The van der Waals surface area contributed by atoms with E-state index < -0.39 is 70.1 Å². The summed E-state index contributed by atoms with van der Waals surface area (Å²) in [7, 11) is 0. The summed E-state index contributed by atoms with van der Waals surface area (Å²) in [5, 5.41) is 25.6. The van der Waals surface area contributed by atoms with Crippen LogP contribution in [0.2, 0.25) is 0 Å². The number of nitriles is 1. The highest BCUT2D eigenvalue weighted by molar-refractivity contribution is 7.81. The quantitative estimate of drug-likeness (QED) is 0.0836. The third-order valence-corrected chi connectivity index (χ3v) is 14.4. The molecule has 388 valence electrons. The molecular formula is C56H54F3N7O7S2. The van der Waals surface area contributed by atoms with E-state index in [1.165, 1.54) is 11.0 Å². The number of alkyl halides is 3. The van der Waals surface area contributed by atoms with Crippen LogP contribution in [0.3, 0.4) is 0 Å². The Bertz CT molecular complexity index is 3150. The first kappa shape index (κ1) is 53.6. The Balaban J connectivity index is 0.816. The van der Waals surface area contributed by atoms with E-state index in [9.17, 15) is 42.7 Å². The molecule has 3 heterocycles. The van der Waals surface area contributed by atoms with Crippen LogP contribution in [-0.2, 0) is 38.5 Å². The van der Waals surface area contributed by atoms with Crippen LogP contribution in [0.15, 0.2) is 121 Å². The number of anilines is 2. The number of halogens is 3. The molecule has 0 aliphatic carbocycles. The fourth-order valence-electron chi connectivity index (χ4n) is 8.99. The zero-order valence-corrected chi connectivity index (χ0v) is 43.5. The van der Waals surface area contributed by atoms with Gasteiger partial charge in [0.05, 0.1) is 45.1 Å². The van der Waals surface area contributed by atoms with Crippen LogP contribution in [0.5, 0.6) is 11.5 Å². The molecule has 2 aliphatic heterocycles. The summed E-state index contributed by atoms with van der Waals surface area (Å²) in [5.74, 6) is -0.979. The fourth-order valence-corrected chi connectivity index (χ4v) is 10.3. The zero-order chi connectivity index (χ0) is 54.0. The molecule has 0 saturated carbocycles. The highest BCUT2D eigenvalue weighted by atomic mass is 32.1. The van der Waals surface area contributed by atoms with Gasteiger partial charge in [-0.1, -0.05) is 81.4 Å². The first-order valence-electron chi connectivity index (χ1n) is 23.9. The van der Waals surface area contributed by atoms with Gasteiger partial charge in [-0.15, -0.1) is 11.3 Å². The molecule has 2 saturated heterocycles. The molecule has 6 aromatic rings. The van der Waals surface area contributed by atoms with Gasteiger partial charge in [0.15, 0.2) is 11.7 Å². The molecule has 75 heavy (non-hydrogen) atoms. The van der Waals surface area contributed by atoms with Crippen molar-refractivity contribution in [3.05, 3.63) is 149 Å². The molecule has 1 aromatic heterocycles. The van der Waals surface area contributed by atoms with E-state index in [1.807, 2.05) is 88.4 Å². The zero-order valence-electron chi connectivity index (χ0n) is 41.9. The Morgan fingerprint density at radius 2 is 1.47 bits per heavy atom. The normalized spacial score (nSPS) is 16.9. The molecule has 4 amide bonds. The van der Waals surface area contributed by atoms with Gasteiger partial charge in [-0.05, 0) is 121 Å². The van der Waals surface area contributed by atoms with E-state index in [-0.39, 0.29) is 43.5 Å². The van der Waals surface area contributed by atoms with Crippen LogP contribution in [0.1, 0.15) is 69.0 Å². The number of nitrogens with one attached hydrogen (secondary N) is 2. The molecular weight excluding hydrogens is 1000 g/mol. The summed E-state index contributed by atoms with van der Waals surface area (Å²) in [4.78, 5) is 63.9. The number of aliphatic hydroxyl groups excluding tert-OH is 1. The largest absolute Gasteiger partial charge is 0.489 e. The second-order valence-electron chi connectivity index (χ2n) is 19.9. The maximum absolute atomic E-state index is 14.1. The molecule has 3 N–H and O–H groups in total. The molecule has 3 atom stereocenters. The van der Waals surface area contributed by atoms with E-state index in [2.05, 4.69) is 15.6 Å². The number of hydrogen-bond donors (Lipinski definition) is 3. The van der Waals surface area contributed by atoms with Crippen LogP contribution in [0.4, 0.5) is 24.5 Å². The van der Waals surface area contributed by atoms with Crippen molar-refractivity contribution in [2.75, 3.05) is 23.0 Å². The van der Waals surface area contributed by atoms with Gasteiger partial charge in [0.1, 0.15) is 35.7 Å². The van der Waals surface area contributed by atoms with Crippen LogP contribution in [0.25, 0.3) is 21.6 Å². The minimum atomic E-state index is -4.81. The maximum atomic E-state index is 14.1. The molecule has 0 spiro atoms. The lowest BCUT2D eigenvalue weighted by molar-refractivity contribution is -0.144. The van der Waals surface area contributed by atoms with Crippen LogP contribution < -0.4 is 29.9 Å². The number of benzene rings is 5. The number of rotatable bonds is 15. The summed E-state index contributed by atoms with van der Waals surface area (Å²) in [6.07, 6.45) is -5.65. The van der Waals surface area contributed by atoms with Gasteiger partial charge in [-0.25, -0.2) is 4.98 Å². The lowest BCUT2D eigenvalue weighted by Crippen LogP contribution is -2.58. The van der Waals surface area contributed by atoms with E-state index >= 15 is 0 Å². The van der Waals surface area contributed by atoms with Gasteiger partial charge in [0.2, 0.25) is 11.8 Å². The second-order valence-corrected chi connectivity index (χ2v) is 21.1. The lowest BCUT2D eigenvalue weighted by atomic mass is 9.85. The smallest absolute Gasteiger partial charge is 0.417 e. The molecule has 0 unspecified atom stereocenters. The molecule has 5 aromatic carbocycles. The van der Waals surface area contributed by atoms with Crippen molar-refractivity contribution in [3.8, 4) is 39.1 Å². The number of aliphatic hydroxyl groups is 1. The summed E-state index contributed by atoms with van der Waals surface area (Å²) in [5.41, 5.74) is 4.05. The maximum Gasteiger partial charge on any atom is 0.417 e. The van der Waals surface area contributed by atoms with Crippen molar-refractivity contribution in [2.45, 2.75) is 91.0 Å². The van der Waals surface area contributed by atoms with Gasteiger partial charge in [-0.2, -0.15) is 18.4 Å². The summed E-state index contributed by atoms with van der Waals surface area (Å²) in [6.45, 7) is 10.7. The second kappa shape index (κ2) is 21.7. The molecule has 2 fully saturated rings. The number of aryl methyl sites for hydroxylation is 1. The van der Waals surface area contributed by atoms with E-state index in [1.54, 1.807) is 78.1 Å². The minimum Gasteiger partial charge on any atom is -0.489 e. The first-order valence-corrected chi connectivity index (χ1v) is 25.2. The topological polar surface area (TPSA) is 177 Å². The van der Waals surface area contributed by atoms with Gasteiger partial charge in [-0.3, -0.25) is 24.1 Å². The third kappa shape index (κ3) is 11.8. The van der Waals surface area contributed by atoms with E-state index in [4.69, 9.17) is 21.7 Å². The Labute approximate surface area is 441 Å². The predicted molar refractivity (Wildman–Crippen MR) is 283 cm³/mol. The van der Waals surface area contributed by atoms with Crippen molar-refractivity contribution >= 4 is 63.7 Å². The average Bonchev–Trinajstić information content (AvgIpc) is 4.06. The number of amides is 4. The molecule has 0 bridgehead atoms. The number of likely N-dealkylation sites (tertiary alicyclic amines) is 1. The highest BCUT2D eigenvalue weighted by Gasteiger charge is 2.51. The number of hydrogen-bond acceptors (Lipinski definition) is 11. The van der Waals surface area contributed by atoms with E-state index in [0.717, 1.165) is 55.4 Å². The minimum absolute atomic E-state index is 0.0156. The van der Waals surface area contributed by atoms with Crippen LogP contribution >= 0.6 is 23.6 Å². The molecule has 0 radical (unpaired) electrons. The molecule has 8 rings (SSSR count). The summed E-state index contributed by atoms with van der Waals surface area (Å²) < 4.78 is 53.2. The van der Waals surface area contributed by atoms with Gasteiger partial charge >= 0.3 is 6.18 Å². The number of β-amino-alcohol motifs (C(OH)–C–C–N with tert-alkyl or cyclic N) is 1. The van der Waals surface area contributed by atoms with Crippen molar-refractivity contribution in [2.24, 2.45) is 5.41 Å². The van der Waals surface area contributed by atoms with Crippen molar-refractivity contribution in [3.63, 3.8) is 0 Å². The third-order valence-electron chi connectivity index (χ3n) is 13.1. The number of carbonyl (C=O) groups excluding carboxylic acids is 4. The average molecular weight is 1060 g/mol. The number of thiocarbonyl (C=S) groups is 1. The Morgan fingerprint density at radius 3 is 2.07 bits per heavy atom. The van der Waals surface area contributed by atoms with Crippen molar-refractivity contribution in [1.29, 1.82) is 5.26 Å². The Morgan fingerprint density at radius 1 is 0.880 bits per heavy atom. The number of thiazole rings is 1. The number of aromatic nitrogens is 1. The fraction of sp³-hybridized carbons (Fsp3) is 0.304. The molecule has 19 heteroatoms. The molecule has 14 nitrogen and oxygen atoms in total. The van der Waals surface area contributed by atoms with Crippen LogP contribution in [-0.4, -0.2) is 80.6 Å². The van der Waals surface area contributed by atoms with Crippen molar-refractivity contribution in [1.82, 2.24) is 20.5 Å². The number of ether oxygens (including phenoxy) is 2. The monoisotopic (exact) mass is 1060 g/mol. The molecule has 2 aliphatic rings. The van der Waals surface area contributed by atoms with Gasteiger partial charge < -0.3 is 35.0 Å². The van der Waals surface area contributed by atoms with Crippen molar-refractivity contribution < 1.29 is 46.9 Å². The Hall–Kier alpha value is -7.66. The Kier molecular flexibility index (Phi) is 15.5. The predicted octanol–water partition coefficient (Wildman–Crippen LogP) is 9.36. The van der Waals surface area contributed by atoms with E-state index in [0.29, 0.717) is 17.2 Å². The standard InChI is InChI=1S/C56H54F3N7O7S2/c1-33-48(75-32-62-33)38-13-7-34(8-14-38)28-61-50(69)46-26-42(67)29-64(46)51(70)49(54(2,3)4)63-47(68)31-73-43-21-16-37(17-22-43)36-11-9-35(10-12-36)30-72-44-23-19-40(20-24-44)66-53(74)65(52(71)55(66,5)6)41-18-15-39(27-60)45(25-41)56(57,58)59/h7-25,32,42,46,49,67H,26,28-31H2,1-6H3,(H,61,69)(H,63,68)/t42-,46+,49-/m1/s1. The first-order chi connectivity index (χ1) is 35.5. The van der Waals surface area contributed by atoms with Gasteiger partial charge in [0, 0.05) is 25.2 Å². The SMILES string of the molecule is Cc1ncsc1-c1ccc(CNC(=O)[C@@H]2C[C@@H](O)CN2C(=O)[C@@H](NC(=O)COc2ccc(-c3ccc(COc4ccc(N5C(=S)N(c6ccc(C#N)c(C(F)(F)F)c6)C(=O)C5(C)C)cc4)cc3)cc2)C(C)(C)C)cc1. The van der Waals surface area contributed by atoms with Gasteiger partial charge in [0.25, 0.3) is 11.8 Å². The number of nitrogens with zero attached hydrogens (tertiary/aromatic N) is 5. The van der Waals surface area contributed by atoms with Crippen LogP contribution in [0, 0.1) is 23.7 Å². The number of carbonyl (C=O) groups is 4. The summed E-state index contributed by atoms with van der Waals surface area (Å²) in [6, 6.07) is 32.2.